The third-order valence-electron chi connectivity index (χ3n) is 4.25. The molecule has 0 aliphatic heterocycles. The third kappa shape index (κ3) is 6.65. The van der Waals surface area contributed by atoms with Gasteiger partial charge in [-0.25, -0.2) is 8.42 Å². The summed E-state index contributed by atoms with van der Waals surface area (Å²) in [5.41, 5.74) is 0.398. The number of nitrogens with one attached hydrogen (secondary N) is 1. The van der Waals surface area contributed by atoms with E-state index in [1.54, 1.807) is 48.5 Å². The van der Waals surface area contributed by atoms with E-state index in [1.807, 2.05) is 32.2 Å². The van der Waals surface area contributed by atoms with Gasteiger partial charge in [0.05, 0.1) is 17.2 Å². The number of carbonyl (C=O) groups is 1. The minimum absolute atomic E-state index is 0.135. The Kier molecular flexibility index (Phi) is 9.01. The summed E-state index contributed by atoms with van der Waals surface area (Å²) in [6.07, 6.45) is 1.92. The number of benzene rings is 2. The molecule has 0 atom stereocenters. The van der Waals surface area contributed by atoms with E-state index in [0.29, 0.717) is 31.1 Å². The van der Waals surface area contributed by atoms with Crippen molar-refractivity contribution < 1.29 is 17.9 Å². The van der Waals surface area contributed by atoms with Crippen LogP contribution in [0.4, 0.5) is 5.69 Å². The van der Waals surface area contributed by atoms with E-state index in [1.165, 1.54) is 11.8 Å². The summed E-state index contributed by atoms with van der Waals surface area (Å²) < 4.78 is 33.3. The Morgan fingerprint density at radius 3 is 2.23 bits per heavy atom. The van der Waals surface area contributed by atoms with Gasteiger partial charge in [0.15, 0.2) is 0 Å². The van der Waals surface area contributed by atoms with Gasteiger partial charge < -0.3 is 15.0 Å². The number of rotatable bonds is 11. The highest BCUT2D eigenvalue weighted by Crippen LogP contribution is 2.27. The minimum Gasteiger partial charge on any atom is -0.494 e. The van der Waals surface area contributed by atoms with Crippen LogP contribution in [0.1, 0.15) is 6.92 Å². The SMILES string of the molecule is CCOc1ccc(N(CC(=O)NCCN(C)C)S(=O)(=O)c2ccc(SC)cc2)cc1. The van der Waals surface area contributed by atoms with Crippen molar-refractivity contribution in [2.75, 3.05) is 50.9 Å². The van der Waals surface area contributed by atoms with Crippen molar-refractivity contribution in [2.24, 2.45) is 0 Å². The van der Waals surface area contributed by atoms with Gasteiger partial charge in [0.25, 0.3) is 10.0 Å². The summed E-state index contributed by atoms with van der Waals surface area (Å²) in [4.78, 5) is 15.5. The summed E-state index contributed by atoms with van der Waals surface area (Å²) in [7, 11) is -0.121. The second-order valence-corrected chi connectivity index (χ2v) is 9.51. The van der Waals surface area contributed by atoms with Crippen LogP contribution in [0.15, 0.2) is 58.3 Å². The molecule has 30 heavy (non-hydrogen) atoms. The lowest BCUT2D eigenvalue weighted by Gasteiger charge is -2.24. The maximum Gasteiger partial charge on any atom is 0.264 e. The molecule has 0 saturated carbocycles. The largest absolute Gasteiger partial charge is 0.494 e. The first-order valence-electron chi connectivity index (χ1n) is 9.59. The monoisotopic (exact) mass is 451 g/mol. The normalized spacial score (nSPS) is 11.4. The van der Waals surface area contributed by atoms with E-state index in [9.17, 15) is 13.2 Å². The van der Waals surface area contributed by atoms with E-state index < -0.39 is 10.0 Å². The molecule has 0 aliphatic rings. The van der Waals surface area contributed by atoms with Crippen LogP contribution in [0.5, 0.6) is 5.75 Å². The molecule has 0 spiro atoms. The van der Waals surface area contributed by atoms with E-state index in [-0.39, 0.29) is 17.3 Å². The number of likely N-dealkylation sites (N-methyl/N-ethyl adjacent to an activating group) is 1. The van der Waals surface area contributed by atoms with Crippen LogP contribution in [0.2, 0.25) is 0 Å². The molecule has 0 bridgehead atoms. The predicted octanol–water partition coefficient (Wildman–Crippen LogP) is 2.68. The highest BCUT2D eigenvalue weighted by atomic mass is 32.2. The van der Waals surface area contributed by atoms with Gasteiger partial charge in [0.2, 0.25) is 5.91 Å². The van der Waals surface area contributed by atoms with Crippen LogP contribution in [-0.4, -0.2) is 65.8 Å². The summed E-state index contributed by atoms with van der Waals surface area (Å²) in [6.45, 7) is 3.18. The molecule has 9 heteroatoms. The molecular weight excluding hydrogens is 422 g/mol. The van der Waals surface area contributed by atoms with Crippen molar-refractivity contribution in [1.29, 1.82) is 0 Å². The molecule has 0 fully saturated rings. The van der Waals surface area contributed by atoms with Gasteiger partial charge in [-0.3, -0.25) is 9.10 Å². The van der Waals surface area contributed by atoms with E-state index >= 15 is 0 Å². The second kappa shape index (κ2) is 11.2. The average molecular weight is 452 g/mol. The van der Waals surface area contributed by atoms with Gasteiger partial charge in [-0.05, 0) is 75.8 Å². The molecule has 0 unspecified atom stereocenters. The van der Waals surface area contributed by atoms with Crippen molar-refractivity contribution >= 4 is 33.4 Å². The van der Waals surface area contributed by atoms with E-state index in [0.717, 1.165) is 9.20 Å². The summed E-state index contributed by atoms with van der Waals surface area (Å²) in [5, 5.41) is 2.77. The van der Waals surface area contributed by atoms with Crippen LogP contribution in [0, 0.1) is 0 Å². The molecule has 7 nitrogen and oxygen atoms in total. The number of amides is 1. The second-order valence-electron chi connectivity index (χ2n) is 6.77. The predicted molar refractivity (Wildman–Crippen MR) is 122 cm³/mol. The molecule has 2 aromatic carbocycles. The first-order valence-corrected chi connectivity index (χ1v) is 12.3. The standard InChI is InChI=1S/C21H29N3O4S2/c1-5-28-18-8-6-17(7-9-18)24(16-21(25)22-14-15-23(2)3)30(26,27)20-12-10-19(29-4)11-13-20/h6-13H,5,14-16H2,1-4H3,(H,22,25). The maximum atomic E-state index is 13.4. The van der Waals surface area contributed by atoms with Crippen molar-refractivity contribution in [3.8, 4) is 5.75 Å². The molecular formula is C21H29N3O4S2. The smallest absolute Gasteiger partial charge is 0.264 e. The van der Waals surface area contributed by atoms with Gasteiger partial charge in [-0.2, -0.15) is 0 Å². The lowest BCUT2D eigenvalue weighted by Crippen LogP contribution is -2.42. The molecule has 0 radical (unpaired) electrons. The highest BCUT2D eigenvalue weighted by Gasteiger charge is 2.27. The molecule has 2 rings (SSSR count). The van der Waals surface area contributed by atoms with Crippen LogP contribution < -0.4 is 14.4 Å². The summed E-state index contributed by atoms with van der Waals surface area (Å²) >= 11 is 1.53. The Labute approximate surface area is 183 Å². The molecule has 164 valence electrons. The van der Waals surface area contributed by atoms with E-state index in [4.69, 9.17) is 4.74 Å². The van der Waals surface area contributed by atoms with Crippen LogP contribution >= 0.6 is 11.8 Å². The van der Waals surface area contributed by atoms with Gasteiger partial charge in [0, 0.05) is 18.0 Å². The number of hydrogen-bond acceptors (Lipinski definition) is 6. The fourth-order valence-corrected chi connectivity index (χ4v) is 4.50. The van der Waals surface area contributed by atoms with Crippen molar-refractivity contribution in [3.05, 3.63) is 48.5 Å². The topological polar surface area (TPSA) is 79.0 Å². The minimum atomic E-state index is -3.93. The third-order valence-corrected chi connectivity index (χ3v) is 6.78. The lowest BCUT2D eigenvalue weighted by atomic mass is 10.3. The number of hydrogen-bond donors (Lipinski definition) is 1. The number of thioether (sulfide) groups is 1. The van der Waals surface area contributed by atoms with Crippen molar-refractivity contribution in [3.63, 3.8) is 0 Å². The Hall–Kier alpha value is -2.23. The summed E-state index contributed by atoms with van der Waals surface area (Å²) in [6, 6.07) is 13.3. The van der Waals surface area contributed by atoms with Gasteiger partial charge in [0.1, 0.15) is 12.3 Å². The Balaban J connectivity index is 2.32. The lowest BCUT2D eigenvalue weighted by molar-refractivity contribution is -0.119. The Morgan fingerprint density at radius 2 is 1.70 bits per heavy atom. The van der Waals surface area contributed by atoms with Crippen molar-refractivity contribution in [1.82, 2.24) is 10.2 Å². The van der Waals surface area contributed by atoms with Gasteiger partial charge in [-0.1, -0.05) is 0 Å². The maximum absolute atomic E-state index is 13.4. The number of sulfonamides is 1. The summed E-state index contributed by atoms with van der Waals surface area (Å²) in [5.74, 6) is 0.272. The molecule has 1 amide bonds. The first-order chi connectivity index (χ1) is 14.3. The average Bonchev–Trinajstić information content (AvgIpc) is 2.72. The first kappa shape index (κ1) is 24.0. The molecule has 0 heterocycles. The Bertz CT molecular complexity index is 914. The van der Waals surface area contributed by atoms with Gasteiger partial charge >= 0.3 is 0 Å². The number of nitrogens with zero attached hydrogens (tertiary/aromatic N) is 2. The fraction of sp³-hybridized carbons (Fsp3) is 0.381. The molecule has 0 saturated heterocycles. The molecule has 1 N–H and O–H groups in total. The molecule has 2 aromatic rings. The van der Waals surface area contributed by atoms with Gasteiger partial charge in [-0.15, -0.1) is 11.8 Å². The van der Waals surface area contributed by atoms with E-state index in [2.05, 4.69) is 5.32 Å². The number of carbonyl (C=O) groups excluding carboxylic acids is 1. The zero-order chi connectivity index (χ0) is 22.1. The van der Waals surface area contributed by atoms with Crippen LogP contribution in [-0.2, 0) is 14.8 Å². The number of ether oxygens (including phenoxy) is 1. The van der Waals surface area contributed by atoms with Crippen molar-refractivity contribution in [2.45, 2.75) is 16.7 Å². The zero-order valence-corrected chi connectivity index (χ0v) is 19.4. The quantitative estimate of drug-likeness (QED) is 0.529. The highest BCUT2D eigenvalue weighted by molar-refractivity contribution is 7.98. The Morgan fingerprint density at radius 1 is 1.07 bits per heavy atom. The molecule has 0 aliphatic carbocycles. The van der Waals surface area contributed by atoms with Crippen LogP contribution in [0.25, 0.3) is 0 Å². The van der Waals surface area contributed by atoms with Crippen LogP contribution in [0.3, 0.4) is 0 Å². The zero-order valence-electron chi connectivity index (χ0n) is 17.8. The molecule has 0 aromatic heterocycles. The fourth-order valence-electron chi connectivity index (χ4n) is 2.67. The number of anilines is 1.